The van der Waals surface area contributed by atoms with Gasteiger partial charge in [-0.3, -0.25) is 20.2 Å². The van der Waals surface area contributed by atoms with E-state index in [2.05, 4.69) is 0 Å². The third kappa shape index (κ3) is 1.91. The SMILES string of the molecule is O=[N+]([O-])C(O)C(O)[N+](=O)[O-]. The van der Waals surface area contributed by atoms with Crippen molar-refractivity contribution < 1.29 is 20.1 Å². The summed E-state index contributed by atoms with van der Waals surface area (Å²) in [6, 6.07) is 0. The van der Waals surface area contributed by atoms with Crippen molar-refractivity contribution in [3.05, 3.63) is 20.2 Å². The second-order valence-electron chi connectivity index (χ2n) is 1.40. The number of nitrogens with zero attached hydrogens (tertiary/aromatic N) is 2. The van der Waals surface area contributed by atoms with Gasteiger partial charge in [-0.2, -0.15) is 0 Å². The van der Waals surface area contributed by atoms with Crippen LogP contribution in [0.25, 0.3) is 0 Å². The summed E-state index contributed by atoms with van der Waals surface area (Å²) >= 11 is 0. The summed E-state index contributed by atoms with van der Waals surface area (Å²) in [5.41, 5.74) is 0. The molecule has 0 fully saturated rings. The van der Waals surface area contributed by atoms with Crippen molar-refractivity contribution in [1.29, 1.82) is 0 Å². The smallest absolute Gasteiger partial charge is 0.325 e. The van der Waals surface area contributed by atoms with Gasteiger partial charge in [0.25, 0.3) is 0 Å². The highest BCUT2D eigenvalue weighted by molar-refractivity contribution is 4.39. The first-order chi connectivity index (χ1) is 4.46. The van der Waals surface area contributed by atoms with Crippen molar-refractivity contribution in [2.24, 2.45) is 0 Å². The predicted octanol–water partition coefficient (Wildman–Crippen LogP) is -1.82. The molecule has 2 atom stereocenters. The lowest BCUT2D eigenvalue weighted by Gasteiger charge is -2.01. The summed E-state index contributed by atoms with van der Waals surface area (Å²) in [5.74, 6) is 0. The van der Waals surface area contributed by atoms with Crippen molar-refractivity contribution in [2.75, 3.05) is 0 Å². The first kappa shape index (κ1) is 8.72. The van der Waals surface area contributed by atoms with E-state index in [1.54, 1.807) is 0 Å². The molecule has 0 aromatic rings. The Labute approximate surface area is 54.0 Å². The summed E-state index contributed by atoms with van der Waals surface area (Å²) < 4.78 is 0. The summed E-state index contributed by atoms with van der Waals surface area (Å²) in [6.45, 7) is 0. The lowest BCUT2D eigenvalue weighted by molar-refractivity contribution is -0.681. The molecule has 0 aliphatic rings. The highest BCUT2D eigenvalue weighted by atomic mass is 16.7. The van der Waals surface area contributed by atoms with E-state index < -0.39 is 22.3 Å². The average Bonchev–Trinajstić information content (AvgIpc) is 1.84. The van der Waals surface area contributed by atoms with Crippen LogP contribution in [0.15, 0.2) is 0 Å². The third-order valence-electron chi connectivity index (χ3n) is 0.699. The maximum absolute atomic E-state index is 9.54. The van der Waals surface area contributed by atoms with Gasteiger partial charge >= 0.3 is 12.5 Å². The summed E-state index contributed by atoms with van der Waals surface area (Å²) in [5, 5.41) is 35.4. The number of aliphatic hydroxyl groups is 2. The number of hydrogen-bond donors (Lipinski definition) is 2. The fourth-order valence-corrected chi connectivity index (χ4v) is 0.218. The molecule has 0 spiro atoms. The van der Waals surface area contributed by atoms with Gasteiger partial charge < -0.3 is 10.2 Å². The van der Waals surface area contributed by atoms with Gasteiger partial charge in [0.05, 0.1) is 9.85 Å². The highest BCUT2D eigenvalue weighted by Gasteiger charge is 2.36. The molecular weight excluding hydrogens is 148 g/mol. The van der Waals surface area contributed by atoms with Crippen LogP contribution in [0.3, 0.4) is 0 Å². The van der Waals surface area contributed by atoms with Crippen molar-refractivity contribution in [3.63, 3.8) is 0 Å². The van der Waals surface area contributed by atoms with Crippen LogP contribution in [0, 0.1) is 20.2 Å². The van der Waals surface area contributed by atoms with E-state index in [0.29, 0.717) is 0 Å². The quantitative estimate of drug-likeness (QED) is 0.278. The highest BCUT2D eigenvalue weighted by Crippen LogP contribution is 1.93. The molecule has 0 saturated heterocycles. The second kappa shape index (κ2) is 3.03. The monoisotopic (exact) mass is 152 g/mol. The van der Waals surface area contributed by atoms with E-state index in [1.165, 1.54) is 0 Å². The van der Waals surface area contributed by atoms with Crippen LogP contribution in [0.1, 0.15) is 0 Å². The molecule has 0 heterocycles. The molecule has 0 bridgehead atoms. The van der Waals surface area contributed by atoms with Crippen molar-refractivity contribution >= 4 is 0 Å². The third-order valence-corrected chi connectivity index (χ3v) is 0.699. The first-order valence-corrected chi connectivity index (χ1v) is 2.10. The molecule has 8 nitrogen and oxygen atoms in total. The van der Waals surface area contributed by atoms with Crippen LogP contribution in [0.2, 0.25) is 0 Å². The molecule has 0 amide bonds. The molecule has 8 heteroatoms. The fourth-order valence-electron chi connectivity index (χ4n) is 0.218. The lowest BCUT2D eigenvalue weighted by atomic mass is 10.5. The van der Waals surface area contributed by atoms with Crippen LogP contribution in [0.5, 0.6) is 0 Å². The van der Waals surface area contributed by atoms with Crippen molar-refractivity contribution in [3.8, 4) is 0 Å². The van der Waals surface area contributed by atoms with Gasteiger partial charge in [-0.1, -0.05) is 0 Å². The molecule has 0 aromatic heterocycles. The van der Waals surface area contributed by atoms with E-state index in [0.717, 1.165) is 0 Å². The standard InChI is InChI=1S/C2H4N2O6/c5-1(3(7)8)2(6)4(9)10/h1-2,5-6H. The minimum absolute atomic E-state index is 1.35. The topological polar surface area (TPSA) is 127 Å². The van der Waals surface area contributed by atoms with E-state index in [9.17, 15) is 20.2 Å². The minimum Gasteiger partial charge on any atom is -0.325 e. The summed E-state index contributed by atoms with van der Waals surface area (Å²) in [7, 11) is 0. The average molecular weight is 152 g/mol. The predicted molar refractivity (Wildman–Crippen MR) is 26.0 cm³/mol. The van der Waals surface area contributed by atoms with Gasteiger partial charge in [-0.15, -0.1) is 0 Å². The number of rotatable bonds is 3. The van der Waals surface area contributed by atoms with Gasteiger partial charge in [-0.05, 0) is 0 Å². The molecule has 0 saturated carbocycles. The molecule has 2 N–H and O–H groups in total. The molecule has 0 radical (unpaired) electrons. The van der Waals surface area contributed by atoms with Gasteiger partial charge in [0.2, 0.25) is 0 Å². The molecular formula is C2H4N2O6. The van der Waals surface area contributed by atoms with E-state index >= 15 is 0 Å². The van der Waals surface area contributed by atoms with E-state index in [4.69, 9.17) is 10.2 Å². The minimum atomic E-state index is -2.56. The van der Waals surface area contributed by atoms with Gasteiger partial charge in [0.15, 0.2) is 0 Å². The maximum atomic E-state index is 9.54. The fraction of sp³-hybridized carbons (Fsp3) is 1.00. The van der Waals surface area contributed by atoms with Crippen LogP contribution < -0.4 is 0 Å². The molecule has 10 heavy (non-hydrogen) atoms. The van der Waals surface area contributed by atoms with Gasteiger partial charge in [0, 0.05) is 0 Å². The Morgan fingerprint density at radius 1 is 1.00 bits per heavy atom. The molecule has 2 unspecified atom stereocenters. The molecule has 0 aromatic carbocycles. The van der Waals surface area contributed by atoms with Crippen LogP contribution in [-0.4, -0.2) is 32.5 Å². The van der Waals surface area contributed by atoms with Crippen LogP contribution in [0.4, 0.5) is 0 Å². The summed E-state index contributed by atoms with van der Waals surface area (Å²) in [4.78, 5) is 16.4. The Kier molecular flexibility index (Phi) is 2.65. The Hall–Kier alpha value is -1.28. The zero-order valence-corrected chi connectivity index (χ0v) is 4.58. The molecule has 58 valence electrons. The largest absolute Gasteiger partial charge is 0.407 e. The van der Waals surface area contributed by atoms with E-state index in [-0.39, 0.29) is 0 Å². The molecule has 0 rings (SSSR count). The summed E-state index contributed by atoms with van der Waals surface area (Å²) in [6.07, 6.45) is -5.12. The Balaban J connectivity index is 4.07. The first-order valence-electron chi connectivity index (χ1n) is 2.10. The van der Waals surface area contributed by atoms with Crippen molar-refractivity contribution in [2.45, 2.75) is 12.5 Å². The number of hydrogen-bond acceptors (Lipinski definition) is 6. The Morgan fingerprint density at radius 2 is 1.20 bits per heavy atom. The van der Waals surface area contributed by atoms with E-state index in [1.807, 2.05) is 0 Å². The number of aliphatic hydroxyl groups excluding tert-OH is 2. The lowest BCUT2D eigenvalue weighted by Crippen LogP contribution is -2.38. The van der Waals surface area contributed by atoms with Crippen molar-refractivity contribution in [1.82, 2.24) is 0 Å². The molecule has 0 aliphatic carbocycles. The Bertz CT molecular complexity index is 138. The molecule has 0 aliphatic heterocycles. The normalized spacial score (nSPS) is 15.8. The van der Waals surface area contributed by atoms with Crippen LogP contribution in [-0.2, 0) is 0 Å². The zero-order chi connectivity index (χ0) is 8.31. The second-order valence-corrected chi connectivity index (χ2v) is 1.40. The van der Waals surface area contributed by atoms with Gasteiger partial charge in [0.1, 0.15) is 0 Å². The van der Waals surface area contributed by atoms with Crippen LogP contribution >= 0.6 is 0 Å². The maximum Gasteiger partial charge on any atom is 0.407 e. The Morgan fingerprint density at radius 3 is 1.30 bits per heavy atom. The zero-order valence-electron chi connectivity index (χ0n) is 4.58. The number of nitro groups is 2. The van der Waals surface area contributed by atoms with Gasteiger partial charge in [-0.25, -0.2) is 0 Å².